The maximum atomic E-state index is 13.4. The molecule has 1 fully saturated rings. The van der Waals surface area contributed by atoms with Gasteiger partial charge in [-0.1, -0.05) is 0 Å². The summed E-state index contributed by atoms with van der Waals surface area (Å²) in [6.45, 7) is 6.96. The number of carbonyl (C=O) groups is 1. The molecule has 1 aliphatic heterocycles. The lowest BCUT2D eigenvalue weighted by Gasteiger charge is -2.35. The SMILES string of the molecule is CCOP(OCC)N1CCC(CCN(C)C(=O)c2ccc(Nc3nccn4c(-c5ccc(OC(F)F)cc5)cnc34)cc2C)CC1. The topological polar surface area (TPSA) is 93.5 Å². The van der Waals surface area contributed by atoms with Gasteiger partial charge in [-0.05, 0) is 94.0 Å². The van der Waals surface area contributed by atoms with Gasteiger partial charge in [-0.3, -0.25) is 9.20 Å². The third-order valence-corrected chi connectivity index (χ3v) is 9.86. The number of aromatic nitrogens is 3. The fraction of sp³-hybridized carbons (Fsp3) is 0.424. The van der Waals surface area contributed by atoms with Crippen LogP contribution in [-0.2, 0) is 9.05 Å². The van der Waals surface area contributed by atoms with Crippen molar-refractivity contribution in [2.45, 2.75) is 46.6 Å². The molecule has 0 unspecified atom stereocenters. The minimum Gasteiger partial charge on any atom is -0.435 e. The van der Waals surface area contributed by atoms with Gasteiger partial charge in [-0.15, -0.1) is 0 Å². The Morgan fingerprint density at radius 2 is 1.80 bits per heavy atom. The molecule has 1 aliphatic rings. The zero-order valence-corrected chi connectivity index (χ0v) is 27.6. The first-order valence-electron chi connectivity index (χ1n) is 15.6. The molecular weight excluding hydrogens is 613 g/mol. The third-order valence-electron chi connectivity index (χ3n) is 8.04. The molecule has 0 atom stereocenters. The lowest BCUT2D eigenvalue weighted by atomic mass is 9.94. The average molecular weight is 655 g/mol. The van der Waals surface area contributed by atoms with Gasteiger partial charge in [0, 0.05) is 55.9 Å². The molecule has 0 radical (unpaired) electrons. The standard InChI is InChI=1S/C33H41F2N6O4P/c1-5-43-46(44-6-2)40-18-14-24(15-19-40)13-17-39(4)32(42)28-12-9-26(21-23(28)3)38-30-31-37-22-29(41(31)20-16-36-30)25-7-10-27(11-8-25)45-33(34)35/h7-12,16,20-22,24,33H,5-6,13-15,17-19H2,1-4H3,(H,36,38). The fourth-order valence-electron chi connectivity index (χ4n) is 5.62. The summed E-state index contributed by atoms with van der Waals surface area (Å²) in [5.74, 6) is 1.20. The summed E-state index contributed by atoms with van der Waals surface area (Å²) in [6.07, 6.45) is 8.26. The van der Waals surface area contributed by atoms with Gasteiger partial charge >= 0.3 is 6.61 Å². The number of ether oxygens (including phenoxy) is 1. The zero-order chi connectivity index (χ0) is 32.6. The number of rotatable bonds is 14. The lowest BCUT2D eigenvalue weighted by Crippen LogP contribution is -2.34. The summed E-state index contributed by atoms with van der Waals surface area (Å²) in [6, 6.07) is 12.1. The van der Waals surface area contributed by atoms with E-state index in [0.29, 0.717) is 42.7 Å². The molecule has 5 rings (SSSR count). The van der Waals surface area contributed by atoms with Crippen LogP contribution in [0.1, 0.15) is 49.0 Å². The van der Waals surface area contributed by atoms with E-state index in [4.69, 9.17) is 9.05 Å². The van der Waals surface area contributed by atoms with Crippen molar-refractivity contribution >= 4 is 31.6 Å². The van der Waals surface area contributed by atoms with Crippen LogP contribution in [0.2, 0.25) is 0 Å². The number of imidazole rings is 1. The van der Waals surface area contributed by atoms with E-state index in [1.807, 2.05) is 55.3 Å². The molecule has 13 heteroatoms. The second-order valence-electron chi connectivity index (χ2n) is 11.2. The van der Waals surface area contributed by atoms with Crippen LogP contribution in [0.5, 0.6) is 5.75 Å². The quantitative estimate of drug-likeness (QED) is 0.140. The molecule has 1 saturated heterocycles. The lowest BCUT2D eigenvalue weighted by molar-refractivity contribution is -0.0498. The second kappa shape index (κ2) is 15.7. The molecule has 2 aromatic heterocycles. The predicted molar refractivity (Wildman–Crippen MR) is 176 cm³/mol. The van der Waals surface area contributed by atoms with Gasteiger partial charge in [0.25, 0.3) is 14.4 Å². The van der Waals surface area contributed by atoms with Gasteiger partial charge in [0.15, 0.2) is 11.5 Å². The number of benzene rings is 2. The molecule has 1 amide bonds. The number of anilines is 2. The van der Waals surface area contributed by atoms with Crippen LogP contribution in [0.3, 0.4) is 0 Å². The van der Waals surface area contributed by atoms with E-state index < -0.39 is 15.1 Å². The van der Waals surface area contributed by atoms with Crippen molar-refractivity contribution in [1.82, 2.24) is 23.9 Å². The van der Waals surface area contributed by atoms with Crippen LogP contribution in [0.25, 0.3) is 16.9 Å². The van der Waals surface area contributed by atoms with Crippen LogP contribution in [0.15, 0.2) is 61.1 Å². The van der Waals surface area contributed by atoms with E-state index in [0.717, 1.165) is 54.9 Å². The molecular formula is C33H41F2N6O4P. The molecule has 46 heavy (non-hydrogen) atoms. The molecule has 0 spiro atoms. The number of fused-ring (bicyclic) bond motifs is 1. The van der Waals surface area contributed by atoms with Crippen molar-refractivity contribution in [2.75, 3.05) is 45.2 Å². The molecule has 246 valence electrons. The minimum absolute atomic E-state index is 0.000733. The van der Waals surface area contributed by atoms with Crippen molar-refractivity contribution in [1.29, 1.82) is 0 Å². The summed E-state index contributed by atoms with van der Waals surface area (Å²) in [7, 11) is 0.895. The number of halogens is 2. The highest BCUT2D eigenvalue weighted by molar-refractivity contribution is 7.44. The van der Waals surface area contributed by atoms with E-state index in [2.05, 4.69) is 24.7 Å². The number of nitrogens with one attached hydrogen (secondary N) is 1. The third kappa shape index (κ3) is 8.17. The average Bonchev–Trinajstić information content (AvgIpc) is 3.49. The monoisotopic (exact) mass is 654 g/mol. The summed E-state index contributed by atoms with van der Waals surface area (Å²) in [5, 5.41) is 3.33. The summed E-state index contributed by atoms with van der Waals surface area (Å²) >= 11 is 0. The first-order valence-corrected chi connectivity index (χ1v) is 16.7. The molecule has 0 bridgehead atoms. The van der Waals surface area contributed by atoms with Gasteiger partial charge in [-0.2, -0.15) is 8.78 Å². The number of piperidine rings is 1. The molecule has 0 saturated carbocycles. The summed E-state index contributed by atoms with van der Waals surface area (Å²) in [5.41, 5.74) is 4.46. The number of nitrogens with zero attached hydrogens (tertiary/aromatic N) is 5. The molecule has 0 aliphatic carbocycles. The largest absolute Gasteiger partial charge is 0.435 e. The normalized spacial score (nSPS) is 14.3. The Balaban J connectivity index is 1.18. The van der Waals surface area contributed by atoms with Crippen LogP contribution < -0.4 is 10.1 Å². The molecule has 3 heterocycles. The Hall–Kier alpha value is -3.70. The predicted octanol–water partition coefficient (Wildman–Crippen LogP) is 7.52. The Bertz CT molecular complexity index is 1590. The maximum absolute atomic E-state index is 13.4. The van der Waals surface area contributed by atoms with Crippen LogP contribution in [0.4, 0.5) is 20.3 Å². The first-order chi connectivity index (χ1) is 22.3. The van der Waals surface area contributed by atoms with E-state index >= 15 is 0 Å². The van der Waals surface area contributed by atoms with Crippen molar-refractivity contribution in [3.63, 3.8) is 0 Å². The summed E-state index contributed by atoms with van der Waals surface area (Å²) < 4.78 is 45.4. The van der Waals surface area contributed by atoms with Gasteiger partial charge in [0.2, 0.25) is 0 Å². The van der Waals surface area contributed by atoms with Gasteiger partial charge < -0.3 is 24.0 Å². The van der Waals surface area contributed by atoms with Gasteiger partial charge in [0.05, 0.1) is 25.1 Å². The van der Waals surface area contributed by atoms with Crippen molar-refractivity contribution in [3.8, 4) is 17.0 Å². The van der Waals surface area contributed by atoms with E-state index in [-0.39, 0.29) is 11.7 Å². The van der Waals surface area contributed by atoms with E-state index in [1.54, 1.807) is 30.7 Å². The smallest absolute Gasteiger partial charge is 0.387 e. The van der Waals surface area contributed by atoms with E-state index in [9.17, 15) is 13.6 Å². The fourth-order valence-corrected chi connectivity index (χ4v) is 7.02. The molecule has 2 aromatic carbocycles. The van der Waals surface area contributed by atoms with Crippen molar-refractivity contribution in [2.24, 2.45) is 5.92 Å². The van der Waals surface area contributed by atoms with Crippen molar-refractivity contribution in [3.05, 3.63) is 72.2 Å². The molecule has 1 N–H and O–H groups in total. The minimum atomic E-state index is -2.88. The highest BCUT2D eigenvalue weighted by atomic mass is 31.2. The number of amides is 1. The number of aryl methyl sites for hydroxylation is 1. The molecule has 4 aromatic rings. The maximum Gasteiger partial charge on any atom is 0.387 e. The zero-order valence-electron chi connectivity index (χ0n) is 26.7. The number of hydrogen-bond acceptors (Lipinski definition) is 8. The number of carbonyl (C=O) groups excluding carboxylic acids is 1. The summed E-state index contributed by atoms with van der Waals surface area (Å²) in [4.78, 5) is 24.2. The van der Waals surface area contributed by atoms with Crippen molar-refractivity contribution < 1.29 is 27.4 Å². The number of alkyl halides is 2. The van der Waals surface area contributed by atoms with Crippen LogP contribution >= 0.6 is 8.53 Å². The second-order valence-corrected chi connectivity index (χ2v) is 12.7. The Kier molecular flexibility index (Phi) is 11.5. The first kappa shape index (κ1) is 33.7. The molecule has 10 nitrogen and oxygen atoms in total. The Morgan fingerprint density at radius 3 is 2.46 bits per heavy atom. The highest BCUT2D eigenvalue weighted by Gasteiger charge is 2.27. The highest BCUT2D eigenvalue weighted by Crippen LogP contribution is 2.45. The van der Waals surface area contributed by atoms with Crippen LogP contribution in [-0.4, -0.2) is 76.4 Å². The van der Waals surface area contributed by atoms with Gasteiger partial charge in [0.1, 0.15) is 5.75 Å². The van der Waals surface area contributed by atoms with Crippen LogP contribution in [0, 0.1) is 12.8 Å². The van der Waals surface area contributed by atoms with E-state index in [1.165, 1.54) is 12.1 Å². The van der Waals surface area contributed by atoms with Gasteiger partial charge in [-0.25, -0.2) is 14.6 Å². The Morgan fingerprint density at radius 1 is 1.09 bits per heavy atom. The number of hydrogen-bond donors (Lipinski definition) is 1. The Labute approximate surface area is 269 Å².